The molecule has 15 heavy (non-hydrogen) atoms. The number of hydrogen-bond donors (Lipinski definition) is 0. The van der Waals surface area contributed by atoms with Gasteiger partial charge in [0.05, 0.1) is 5.92 Å². The van der Waals surface area contributed by atoms with Crippen molar-refractivity contribution in [3.63, 3.8) is 0 Å². The second-order valence-corrected chi connectivity index (χ2v) is 4.63. The van der Waals surface area contributed by atoms with Gasteiger partial charge < -0.3 is 4.74 Å². The second kappa shape index (κ2) is 6.86. The topological polar surface area (TPSA) is 26.3 Å². The van der Waals surface area contributed by atoms with Crippen molar-refractivity contribution in [2.45, 2.75) is 71.3 Å². The molecule has 1 aliphatic heterocycles. The summed E-state index contributed by atoms with van der Waals surface area (Å²) in [7, 11) is 0. The third kappa shape index (κ3) is 4.23. The molecule has 88 valence electrons. The highest BCUT2D eigenvalue weighted by Crippen LogP contribution is 2.28. The molecule has 1 saturated heterocycles. The number of cyclic esters (lactones) is 1. The fourth-order valence-corrected chi connectivity index (χ4v) is 2.21. The van der Waals surface area contributed by atoms with Crippen LogP contribution in [0.5, 0.6) is 0 Å². The van der Waals surface area contributed by atoms with Crippen LogP contribution in [0, 0.1) is 5.92 Å². The second-order valence-electron chi connectivity index (χ2n) is 4.63. The highest BCUT2D eigenvalue weighted by atomic mass is 16.5. The zero-order chi connectivity index (χ0) is 11.1. The molecule has 0 aromatic heterocycles. The average molecular weight is 212 g/mol. The molecule has 0 bridgehead atoms. The van der Waals surface area contributed by atoms with Crippen molar-refractivity contribution >= 4 is 5.97 Å². The van der Waals surface area contributed by atoms with Crippen LogP contribution in [0.4, 0.5) is 0 Å². The molecule has 0 aromatic carbocycles. The number of ether oxygens (including phenoxy) is 1. The molecule has 2 nitrogen and oxygen atoms in total. The van der Waals surface area contributed by atoms with Crippen molar-refractivity contribution in [2.24, 2.45) is 5.92 Å². The summed E-state index contributed by atoms with van der Waals surface area (Å²) >= 11 is 0. The Balaban J connectivity index is 2.20. The van der Waals surface area contributed by atoms with Crippen molar-refractivity contribution in [1.29, 1.82) is 0 Å². The van der Waals surface area contributed by atoms with Gasteiger partial charge in [0.15, 0.2) is 0 Å². The molecule has 0 radical (unpaired) electrons. The number of carbonyl (C=O) groups is 1. The molecule has 1 rings (SSSR count). The lowest BCUT2D eigenvalue weighted by molar-refractivity contribution is -0.144. The molecule has 0 saturated carbocycles. The van der Waals surface area contributed by atoms with E-state index in [2.05, 4.69) is 13.8 Å². The predicted octanol–water partition coefficient (Wildman–Crippen LogP) is 3.69. The van der Waals surface area contributed by atoms with Gasteiger partial charge in [0.1, 0.15) is 6.10 Å². The fraction of sp³-hybridized carbons (Fsp3) is 0.923. The summed E-state index contributed by atoms with van der Waals surface area (Å²) in [5.41, 5.74) is 0. The van der Waals surface area contributed by atoms with E-state index >= 15 is 0 Å². The van der Waals surface area contributed by atoms with Gasteiger partial charge in [-0.2, -0.15) is 0 Å². The zero-order valence-electron chi connectivity index (χ0n) is 10.1. The third-order valence-electron chi connectivity index (χ3n) is 3.20. The molecule has 0 aromatic rings. The van der Waals surface area contributed by atoms with E-state index < -0.39 is 0 Å². The van der Waals surface area contributed by atoms with Gasteiger partial charge >= 0.3 is 5.97 Å². The Morgan fingerprint density at radius 1 is 1.13 bits per heavy atom. The quantitative estimate of drug-likeness (QED) is 0.475. The first-order valence-electron chi connectivity index (χ1n) is 6.48. The first-order valence-corrected chi connectivity index (χ1v) is 6.48. The monoisotopic (exact) mass is 212 g/mol. The van der Waals surface area contributed by atoms with Gasteiger partial charge in [0.2, 0.25) is 0 Å². The summed E-state index contributed by atoms with van der Waals surface area (Å²) in [6.07, 6.45) is 9.31. The highest BCUT2D eigenvalue weighted by Gasteiger charge is 2.33. The Morgan fingerprint density at radius 2 is 1.87 bits per heavy atom. The van der Waals surface area contributed by atoms with E-state index in [1.807, 2.05) is 0 Å². The maximum absolute atomic E-state index is 11.5. The Kier molecular flexibility index (Phi) is 5.74. The predicted molar refractivity (Wildman–Crippen MR) is 61.7 cm³/mol. The summed E-state index contributed by atoms with van der Waals surface area (Å²) in [5.74, 6) is 0.269. The Morgan fingerprint density at radius 3 is 2.53 bits per heavy atom. The van der Waals surface area contributed by atoms with Gasteiger partial charge in [-0.3, -0.25) is 4.79 Å². The summed E-state index contributed by atoms with van der Waals surface area (Å²) in [4.78, 5) is 11.5. The van der Waals surface area contributed by atoms with Crippen LogP contribution in [-0.2, 0) is 9.53 Å². The van der Waals surface area contributed by atoms with Gasteiger partial charge in [0.25, 0.3) is 0 Å². The van der Waals surface area contributed by atoms with Gasteiger partial charge in [-0.1, -0.05) is 46.0 Å². The average Bonchev–Trinajstić information content (AvgIpc) is 2.57. The largest absolute Gasteiger partial charge is 0.462 e. The van der Waals surface area contributed by atoms with E-state index in [-0.39, 0.29) is 18.0 Å². The van der Waals surface area contributed by atoms with Crippen molar-refractivity contribution in [1.82, 2.24) is 0 Å². The standard InChI is InChI=1S/C13H24O2/c1-3-5-7-8-11-10-12(9-6-4-2)15-13(11)14/h11-12H,3-10H2,1-2H3/t11-,12+/m0/s1. The van der Waals surface area contributed by atoms with E-state index in [0.29, 0.717) is 0 Å². The lowest BCUT2D eigenvalue weighted by atomic mass is 9.96. The molecule has 1 heterocycles. The van der Waals surface area contributed by atoms with E-state index in [1.54, 1.807) is 0 Å². The van der Waals surface area contributed by atoms with Crippen LogP contribution in [0.3, 0.4) is 0 Å². The normalized spacial score (nSPS) is 25.6. The van der Waals surface area contributed by atoms with E-state index in [0.717, 1.165) is 19.3 Å². The summed E-state index contributed by atoms with van der Waals surface area (Å²) in [5, 5.41) is 0. The lowest BCUT2D eigenvalue weighted by Gasteiger charge is -2.06. The highest BCUT2D eigenvalue weighted by molar-refractivity contribution is 5.74. The van der Waals surface area contributed by atoms with Gasteiger partial charge in [-0.05, 0) is 19.3 Å². The molecule has 2 atom stereocenters. The molecule has 1 fully saturated rings. The van der Waals surface area contributed by atoms with Crippen LogP contribution in [0.15, 0.2) is 0 Å². The first kappa shape index (κ1) is 12.5. The molecule has 0 aliphatic carbocycles. The number of rotatable bonds is 7. The van der Waals surface area contributed by atoms with Crippen LogP contribution in [0.2, 0.25) is 0 Å². The van der Waals surface area contributed by atoms with Crippen molar-refractivity contribution in [2.75, 3.05) is 0 Å². The molecule has 0 spiro atoms. The molecule has 0 N–H and O–H groups in total. The molecule has 0 unspecified atom stereocenters. The summed E-state index contributed by atoms with van der Waals surface area (Å²) < 4.78 is 5.37. The molecule has 0 amide bonds. The number of unbranched alkanes of at least 4 members (excludes halogenated alkanes) is 3. The lowest BCUT2D eigenvalue weighted by Crippen LogP contribution is -2.07. The van der Waals surface area contributed by atoms with Crippen LogP contribution in [-0.4, -0.2) is 12.1 Å². The fourth-order valence-electron chi connectivity index (χ4n) is 2.21. The smallest absolute Gasteiger partial charge is 0.309 e. The summed E-state index contributed by atoms with van der Waals surface area (Å²) in [6.45, 7) is 4.37. The van der Waals surface area contributed by atoms with Crippen molar-refractivity contribution in [3.8, 4) is 0 Å². The Hall–Kier alpha value is -0.530. The number of esters is 1. The SMILES string of the molecule is CCCCC[C@H]1C[C@@H](CCCC)OC1=O. The van der Waals surface area contributed by atoms with Crippen molar-refractivity contribution in [3.05, 3.63) is 0 Å². The van der Waals surface area contributed by atoms with Gasteiger partial charge in [-0.15, -0.1) is 0 Å². The van der Waals surface area contributed by atoms with E-state index in [4.69, 9.17) is 4.74 Å². The summed E-state index contributed by atoms with van der Waals surface area (Å²) in [6, 6.07) is 0. The van der Waals surface area contributed by atoms with Crippen LogP contribution < -0.4 is 0 Å². The minimum Gasteiger partial charge on any atom is -0.462 e. The first-order chi connectivity index (χ1) is 7.27. The molecular weight excluding hydrogens is 188 g/mol. The van der Waals surface area contributed by atoms with E-state index in [9.17, 15) is 4.79 Å². The van der Waals surface area contributed by atoms with Gasteiger partial charge in [-0.25, -0.2) is 0 Å². The number of hydrogen-bond acceptors (Lipinski definition) is 2. The third-order valence-corrected chi connectivity index (χ3v) is 3.20. The Labute approximate surface area is 93.4 Å². The van der Waals surface area contributed by atoms with E-state index in [1.165, 1.54) is 32.1 Å². The van der Waals surface area contributed by atoms with Crippen molar-refractivity contribution < 1.29 is 9.53 Å². The van der Waals surface area contributed by atoms with Gasteiger partial charge in [0, 0.05) is 0 Å². The van der Waals surface area contributed by atoms with Crippen LogP contribution >= 0.6 is 0 Å². The molecular formula is C13H24O2. The minimum absolute atomic E-state index is 0.0622. The zero-order valence-corrected chi connectivity index (χ0v) is 10.1. The van der Waals surface area contributed by atoms with Crippen LogP contribution in [0.25, 0.3) is 0 Å². The molecule has 1 aliphatic rings. The maximum atomic E-state index is 11.5. The molecule has 2 heteroatoms. The Bertz CT molecular complexity index is 189. The maximum Gasteiger partial charge on any atom is 0.309 e. The van der Waals surface area contributed by atoms with Crippen LogP contribution in [0.1, 0.15) is 65.2 Å². The minimum atomic E-state index is 0.0622. The number of carbonyl (C=O) groups excluding carboxylic acids is 1.